The third-order valence-corrected chi connectivity index (χ3v) is 8.32. The molecule has 0 radical (unpaired) electrons. The van der Waals surface area contributed by atoms with Gasteiger partial charge >= 0.3 is 0 Å². The molecule has 0 saturated heterocycles. The number of aromatic nitrogens is 1. The maximum atomic E-state index is 2.46. The first-order valence-corrected chi connectivity index (χ1v) is 12.7. The highest BCUT2D eigenvalue weighted by Gasteiger charge is 2.35. The van der Waals surface area contributed by atoms with Gasteiger partial charge in [0.05, 0.1) is 11.0 Å². The second-order valence-corrected chi connectivity index (χ2v) is 10.6. The first-order valence-electron chi connectivity index (χ1n) is 12.7. The van der Waals surface area contributed by atoms with Crippen molar-refractivity contribution in [2.75, 3.05) is 0 Å². The standard InChI is InChI=1S/C35H25N/c1-35(2)28-17-9-8-16-26(28)34-32-24(13-10-18-29(32)35)21-31-33(34)27-19-22-11-6-7-12-23(22)20-30(27)36(31)25-14-4-3-5-15-25/h3-21H,1-2H3. The normalized spacial score (nSPS) is 14.1. The Bertz CT molecular complexity index is 2000. The van der Waals surface area contributed by atoms with E-state index in [4.69, 9.17) is 0 Å². The van der Waals surface area contributed by atoms with Crippen LogP contribution in [0.25, 0.3) is 60.2 Å². The molecule has 0 atom stereocenters. The topological polar surface area (TPSA) is 4.93 Å². The first-order chi connectivity index (χ1) is 17.6. The van der Waals surface area contributed by atoms with Crippen molar-refractivity contribution in [3.8, 4) is 16.8 Å². The summed E-state index contributed by atoms with van der Waals surface area (Å²) in [5, 5.41) is 7.92. The van der Waals surface area contributed by atoms with E-state index in [1.165, 1.54) is 71.3 Å². The van der Waals surface area contributed by atoms with E-state index in [1.807, 2.05) is 0 Å². The molecule has 7 aromatic rings. The summed E-state index contributed by atoms with van der Waals surface area (Å²) >= 11 is 0. The number of benzene rings is 6. The molecular formula is C35H25N. The van der Waals surface area contributed by atoms with Crippen molar-refractivity contribution in [1.29, 1.82) is 0 Å². The van der Waals surface area contributed by atoms with Crippen molar-refractivity contribution in [3.63, 3.8) is 0 Å². The Morgan fingerprint density at radius 1 is 0.528 bits per heavy atom. The van der Waals surface area contributed by atoms with E-state index in [0.29, 0.717) is 0 Å². The number of hydrogen-bond acceptors (Lipinski definition) is 0. The van der Waals surface area contributed by atoms with Crippen molar-refractivity contribution < 1.29 is 0 Å². The molecular weight excluding hydrogens is 434 g/mol. The summed E-state index contributed by atoms with van der Waals surface area (Å²) in [7, 11) is 0. The Labute approximate surface area is 210 Å². The SMILES string of the molecule is CC1(C)c2ccccc2-c2c3c1cccc3cc1c2c2cc3ccccc3cc2n1-c1ccccc1. The van der Waals surface area contributed by atoms with Crippen LogP contribution in [0.2, 0.25) is 0 Å². The van der Waals surface area contributed by atoms with E-state index in [-0.39, 0.29) is 5.41 Å². The summed E-state index contributed by atoms with van der Waals surface area (Å²) in [5.74, 6) is 0. The molecule has 1 nitrogen and oxygen atoms in total. The summed E-state index contributed by atoms with van der Waals surface area (Å²) in [6.45, 7) is 4.74. The highest BCUT2D eigenvalue weighted by Crippen LogP contribution is 2.53. The average Bonchev–Trinajstić information content (AvgIpc) is 3.22. The van der Waals surface area contributed by atoms with Gasteiger partial charge in [0.2, 0.25) is 0 Å². The molecule has 0 N–H and O–H groups in total. The van der Waals surface area contributed by atoms with E-state index in [2.05, 4.69) is 134 Å². The van der Waals surface area contributed by atoms with Gasteiger partial charge in [0.15, 0.2) is 0 Å². The van der Waals surface area contributed by atoms with Gasteiger partial charge in [-0.2, -0.15) is 0 Å². The minimum Gasteiger partial charge on any atom is -0.309 e. The summed E-state index contributed by atoms with van der Waals surface area (Å²) in [4.78, 5) is 0. The minimum atomic E-state index is -0.0543. The van der Waals surface area contributed by atoms with Crippen molar-refractivity contribution in [2.45, 2.75) is 19.3 Å². The van der Waals surface area contributed by atoms with Gasteiger partial charge in [-0.1, -0.05) is 98.8 Å². The van der Waals surface area contributed by atoms with Crippen LogP contribution in [0, 0.1) is 0 Å². The molecule has 0 saturated carbocycles. The maximum Gasteiger partial charge on any atom is 0.0553 e. The summed E-state index contributed by atoms with van der Waals surface area (Å²) in [5.41, 5.74) is 9.21. The molecule has 1 aliphatic rings. The fourth-order valence-corrected chi connectivity index (χ4v) is 6.67. The molecule has 1 aliphatic carbocycles. The summed E-state index contributed by atoms with van der Waals surface area (Å²) in [6.07, 6.45) is 0. The Kier molecular flexibility index (Phi) is 3.79. The lowest BCUT2D eigenvalue weighted by molar-refractivity contribution is 0.645. The van der Waals surface area contributed by atoms with Gasteiger partial charge in [0.25, 0.3) is 0 Å². The maximum absolute atomic E-state index is 2.46. The van der Waals surface area contributed by atoms with Crippen molar-refractivity contribution in [2.24, 2.45) is 0 Å². The lowest BCUT2D eigenvalue weighted by atomic mass is 9.68. The molecule has 36 heavy (non-hydrogen) atoms. The molecule has 1 aromatic heterocycles. The predicted molar refractivity (Wildman–Crippen MR) is 153 cm³/mol. The third kappa shape index (κ3) is 2.45. The van der Waals surface area contributed by atoms with Gasteiger partial charge in [-0.15, -0.1) is 0 Å². The molecule has 1 heterocycles. The van der Waals surface area contributed by atoms with E-state index in [0.717, 1.165) is 0 Å². The first kappa shape index (κ1) is 19.9. The van der Waals surface area contributed by atoms with E-state index < -0.39 is 0 Å². The highest BCUT2D eigenvalue weighted by atomic mass is 15.0. The molecule has 6 aromatic carbocycles. The average molecular weight is 460 g/mol. The second kappa shape index (κ2) is 6.86. The largest absolute Gasteiger partial charge is 0.309 e. The smallest absolute Gasteiger partial charge is 0.0553 e. The third-order valence-electron chi connectivity index (χ3n) is 8.32. The van der Waals surface area contributed by atoms with E-state index >= 15 is 0 Å². The summed E-state index contributed by atoms with van der Waals surface area (Å²) in [6, 6.07) is 42.6. The van der Waals surface area contributed by atoms with Gasteiger partial charge in [-0.05, 0) is 68.6 Å². The van der Waals surface area contributed by atoms with Crippen LogP contribution in [0.3, 0.4) is 0 Å². The van der Waals surface area contributed by atoms with E-state index in [1.54, 1.807) is 0 Å². The number of para-hydroxylation sites is 1. The van der Waals surface area contributed by atoms with Gasteiger partial charge in [0, 0.05) is 27.4 Å². The molecule has 170 valence electrons. The number of hydrogen-bond donors (Lipinski definition) is 0. The Morgan fingerprint density at radius 3 is 2.00 bits per heavy atom. The molecule has 1 heteroatoms. The number of fused-ring (bicyclic) bond motifs is 7. The fraction of sp³-hybridized carbons (Fsp3) is 0.0857. The lowest BCUT2D eigenvalue weighted by Gasteiger charge is -2.35. The van der Waals surface area contributed by atoms with Crippen LogP contribution < -0.4 is 0 Å². The molecule has 0 unspecified atom stereocenters. The Morgan fingerprint density at radius 2 is 1.17 bits per heavy atom. The van der Waals surface area contributed by atoms with Crippen LogP contribution >= 0.6 is 0 Å². The monoisotopic (exact) mass is 459 g/mol. The van der Waals surface area contributed by atoms with Crippen LogP contribution in [0.1, 0.15) is 25.0 Å². The van der Waals surface area contributed by atoms with Gasteiger partial charge < -0.3 is 4.57 Å². The van der Waals surface area contributed by atoms with Crippen LogP contribution in [0.15, 0.2) is 115 Å². The van der Waals surface area contributed by atoms with Crippen LogP contribution in [0.5, 0.6) is 0 Å². The summed E-state index contributed by atoms with van der Waals surface area (Å²) < 4.78 is 2.46. The molecule has 0 spiro atoms. The fourth-order valence-electron chi connectivity index (χ4n) is 6.67. The number of nitrogens with zero attached hydrogens (tertiary/aromatic N) is 1. The van der Waals surface area contributed by atoms with Crippen molar-refractivity contribution >= 4 is 43.4 Å². The number of rotatable bonds is 1. The zero-order valence-corrected chi connectivity index (χ0v) is 20.4. The lowest BCUT2D eigenvalue weighted by Crippen LogP contribution is -2.23. The molecule has 8 rings (SSSR count). The Balaban J connectivity index is 1.70. The Hall–Kier alpha value is -4.36. The van der Waals surface area contributed by atoms with Crippen LogP contribution in [0.4, 0.5) is 0 Å². The second-order valence-electron chi connectivity index (χ2n) is 10.6. The quantitative estimate of drug-likeness (QED) is 0.230. The molecule has 0 fully saturated rings. The van der Waals surface area contributed by atoms with Crippen LogP contribution in [-0.4, -0.2) is 4.57 Å². The van der Waals surface area contributed by atoms with Gasteiger partial charge in [-0.25, -0.2) is 0 Å². The van der Waals surface area contributed by atoms with Gasteiger partial charge in [-0.3, -0.25) is 0 Å². The van der Waals surface area contributed by atoms with Crippen molar-refractivity contribution in [3.05, 3.63) is 126 Å². The zero-order valence-electron chi connectivity index (χ0n) is 20.4. The predicted octanol–water partition coefficient (Wildman–Crippen LogP) is 9.40. The minimum absolute atomic E-state index is 0.0543. The van der Waals surface area contributed by atoms with Crippen molar-refractivity contribution in [1.82, 2.24) is 4.57 Å². The van der Waals surface area contributed by atoms with Crippen LogP contribution in [-0.2, 0) is 5.41 Å². The molecule has 0 aliphatic heterocycles. The molecule has 0 bridgehead atoms. The molecule has 0 amide bonds. The van der Waals surface area contributed by atoms with E-state index in [9.17, 15) is 0 Å². The zero-order chi connectivity index (χ0) is 24.0. The van der Waals surface area contributed by atoms with Gasteiger partial charge in [0.1, 0.15) is 0 Å². The highest BCUT2D eigenvalue weighted by molar-refractivity contribution is 6.26.